The van der Waals surface area contributed by atoms with Crippen molar-refractivity contribution >= 4 is 21.6 Å². The van der Waals surface area contributed by atoms with E-state index in [1.165, 1.54) is 6.07 Å². The maximum absolute atomic E-state index is 12.6. The third-order valence-corrected chi connectivity index (χ3v) is 3.76. The quantitative estimate of drug-likeness (QED) is 0.904. The van der Waals surface area contributed by atoms with Gasteiger partial charge in [-0.3, -0.25) is 4.68 Å². The van der Waals surface area contributed by atoms with Crippen molar-refractivity contribution in [3.63, 3.8) is 0 Å². The average molecular weight is 348 g/mol. The van der Waals surface area contributed by atoms with E-state index in [1.807, 2.05) is 14.0 Å². The molecule has 2 aromatic rings. The van der Waals surface area contributed by atoms with E-state index in [0.717, 1.165) is 23.4 Å². The zero-order valence-corrected chi connectivity index (χ0v) is 12.5. The highest BCUT2D eigenvalue weighted by Crippen LogP contribution is 2.34. The average Bonchev–Trinajstić information content (AvgIpc) is 2.67. The molecule has 0 fully saturated rings. The van der Waals surface area contributed by atoms with Crippen molar-refractivity contribution in [2.45, 2.75) is 19.6 Å². The number of hydrogen-bond donors (Lipinski definition) is 1. The van der Waals surface area contributed by atoms with Crippen LogP contribution in [0.2, 0.25) is 0 Å². The summed E-state index contributed by atoms with van der Waals surface area (Å²) in [6, 6.07) is 3.54. The Balaban J connectivity index is 2.13. The van der Waals surface area contributed by atoms with E-state index in [4.69, 9.17) is 0 Å². The lowest BCUT2D eigenvalue weighted by atomic mass is 10.2. The molecule has 1 aromatic carbocycles. The van der Waals surface area contributed by atoms with Crippen molar-refractivity contribution in [1.29, 1.82) is 0 Å². The molecule has 0 atom stereocenters. The van der Waals surface area contributed by atoms with E-state index in [-0.39, 0.29) is 0 Å². The van der Waals surface area contributed by atoms with E-state index in [0.29, 0.717) is 16.7 Å². The van der Waals surface area contributed by atoms with Gasteiger partial charge in [0.05, 0.1) is 11.8 Å². The van der Waals surface area contributed by atoms with Gasteiger partial charge in [-0.25, -0.2) is 0 Å². The number of hydrogen-bond acceptors (Lipinski definition) is 2. The van der Waals surface area contributed by atoms with Gasteiger partial charge in [0, 0.05) is 35.0 Å². The molecule has 1 N–H and O–H groups in total. The molecule has 7 heteroatoms. The number of anilines is 1. The van der Waals surface area contributed by atoms with Crippen molar-refractivity contribution in [1.82, 2.24) is 9.78 Å². The molecule has 0 aliphatic heterocycles. The van der Waals surface area contributed by atoms with Crippen LogP contribution in [0.1, 0.15) is 16.8 Å². The van der Waals surface area contributed by atoms with Crippen molar-refractivity contribution < 1.29 is 13.2 Å². The summed E-state index contributed by atoms with van der Waals surface area (Å²) in [5.41, 5.74) is 1.95. The largest absolute Gasteiger partial charge is 0.416 e. The first-order valence-corrected chi connectivity index (χ1v) is 6.66. The smallest absolute Gasteiger partial charge is 0.380 e. The van der Waals surface area contributed by atoms with Gasteiger partial charge in [-0.15, -0.1) is 0 Å². The Hall–Kier alpha value is -1.50. The number of aryl methyl sites for hydroxylation is 1. The Bertz CT molecular complexity index is 620. The summed E-state index contributed by atoms with van der Waals surface area (Å²) < 4.78 is 39.8. The van der Waals surface area contributed by atoms with Crippen LogP contribution < -0.4 is 5.32 Å². The van der Waals surface area contributed by atoms with Gasteiger partial charge in [-0.2, -0.15) is 18.3 Å². The molecule has 0 radical (unpaired) electrons. The van der Waals surface area contributed by atoms with Gasteiger partial charge in [0.2, 0.25) is 0 Å². The zero-order valence-electron chi connectivity index (χ0n) is 10.9. The number of aromatic nitrogens is 2. The molecule has 0 spiro atoms. The topological polar surface area (TPSA) is 29.9 Å². The van der Waals surface area contributed by atoms with E-state index < -0.39 is 11.7 Å². The fourth-order valence-electron chi connectivity index (χ4n) is 1.74. The van der Waals surface area contributed by atoms with Crippen LogP contribution in [0.4, 0.5) is 18.9 Å². The van der Waals surface area contributed by atoms with Gasteiger partial charge in [-0.1, -0.05) is 0 Å². The standard InChI is InChI=1S/C13H13BrF3N3/c1-8-9(7-19-20(8)2)6-18-12-4-3-10(5-11(12)14)13(15,16)17/h3-5,7,18H,6H2,1-2H3. The van der Waals surface area contributed by atoms with E-state index >= 15 is 0 Å². The molecule has 0 unspecified atom stereocenters. The molecule has 0 saturated heterocycles. The Morgan fingerprint density at radius 3 is 2.55 bits per heavy atom. The van der Waals surface area contributed by atoms with Gasteiger partial charge >= 0.3 is 6.18 Å². The van der Waals surface area contributed by atoms with Crippen LogP contribution in [0.5, 0.6) is 0 Å². The number of benzene rings is 1. The van der Waals surface area contributed by atoms with Crippen LogP contribution in [-0.4, -0.2) is 9.78 Å². The summed E-state index contributed by atoms with van der Waals surface area (Å²) >= 11 is 3.15. The lowest BCUT2D eigenvalue weighted by Crippen LogP contribution is -2.06. The maximum atomic E-state index is 12.6. The van der Waals surface area contributed by atoms with Gasteiger partial charge in [-0.05, 0) is 41.1 Å². The SMILES string of the molecule is Cc1c(CNc2ccc(C(F)(F)F)cc2Br)cnn1C. The normalized spacial score (nSPS) is 11.7. The third-order valence-electron chi connectivity index (χ3n) is 3.10. The van der Waals surface area contributed by atoms with Gasteiger partial charge < -0.3 is 5.32 Å². The molecule has 20 heavy (non-hydrogen) atoms. The molecule has 3 nitrogen and oxygen atoms in total. The van der Waals surface area contributed by atoms with Gasteiger partial charge in [0.25, 0.3) is 0 Å². The van der Waals surface area contributed by atoms with Crippen LogP contribution in [-0.2, 0) is 19.8 Å². The molecule has 0 aliphatic carbocycles. The molecular formula is C13H13BrF3N3. The highest BCUT2D eigenvalue weighted by molar-refractivity contribution is 9.10. The van der Waals surface area contributed by atoms with Crippen LogP contribution in [0.15, 0.2) is 28.9 Å². The molecule has 0 saturated carbocycles. The van der Waals surface area contributed by atoms with Crippen molar-refractivity contribution in [2.24, 2.45) is 7.05 Å². The second kappa shape index (κ2) is 5.47. The summed E-state index contributed by atoms with van der Waals surface area (Å²) in [6.45, 7) is 2.44. The minimum Gasteiger partial charge on any atom is -0.380 e. The fraction of sp³-hybridized carbons (Fsp3) is 0.308. The minimum atomic E-state index is -4.33. The predicted octanol–water partition coefficient (Wildman–Crippen LogP) is 4.12. The lowest BCUT2D eigenvalue weighted by molar-refractivity contribution is -0.137. The molecular weight excluding hydrogens is 335 g/mol. The van der Waals surface area contributed by atoms with Crippen LogP contribution in [0.3, 0.4) is 0 Å². The summed E-state index contributed by atoms with van der Waals surface area (Å²) in [6.07, 6.45) is -2.60. The fourth-order valence-corrected chi connectivity index (χ4v) is 2.26. The van der Waals surface area contributed by atoms with Crippen molar-refractivity contribution in [2.75, 3.05) is 5.32 Å². The molecule has 2 rings (SSSR count). The first kappa shape index (κ1) is 14.9. The number of rotatable bonds is 3. The Morgan fingerprint density at radius 2 is 2.05 bits per heavy atom. The highest BCUT2D eigenvalue weighted by atomic mass is 79.9. The Morgan fingerprint density at radius 1 is 1.35 bits per heavy atom. The second-order valence-electron chi connectivity index (χ2n) is 4.42. The first-order chi connectivity index (χ1) is 9.29. The minimum absolute atomic E-state index is 0.383. The van der Waals surface area contributed by atoms with E-state index in [9.17, 15) is 13.2 Å². The molecule has 0 amide bonds. The number of halogens is 4. The van der Waals surface area contributed by atoms with Crippen molar-refractivity contribution in [3.05, 3.63) is 45.7 Å². The highest BCUT2D eigenvalue weighted by Gasteiger charge is 2.30. The van der Waals surface area contributed by atoms with Crippen LogP contribution in [0.25, 0.3) is 0 Å². The zero-order chi connectivity index (χ0) is 14.9. The monoisotopic (exact) mass is 347 g/mol. The first-order valence-electron chi connectivity index (χ1n) is 5.87. The number of alkyl halides is 3. The molecule has 1 heterocycles. The second-order valence-corrected chi connectivity index (χ2v) is 5.28. The molecule has 108 valence electrons. The number of nitrogens with one attached hydrogen (secondary N) is 1. The maximum Gasteiger partial charge on any atom is 0.416 e. The number of nitrogens with zero attached hydrogens (tertiary/aromatic N) is 2. The summed E-state index contributed by atoms with van der Waals surface area (Å²) in [4.78, 5) is 0. The van der Waals surface area contributed by atoms with Crippen LogP contribution >= 0.6 is 15.9 Å². The Kier molecular flexibility index (Phi) is 4.08. The van der Waals surface area contributed by atoms with Crippen LogP contribution in [0, 0.1) is 6.92 Å². The molecule has 1 aromatic heterocycles. The van der Waals surface area contributed by atoms with Crippen molar-refractivity contribution in [3.8, 4) is 0 Å². The Labute approximate surface area is 122 Å². The predicted molar refractivity (Wildman–Crippen MR) is 74.4 cm³/mol. The van der Waals surface area contributed by atoms with Gasteiger partial charge in [0.15, 0.2) is 0 Å². The third kappa shape index (κ3) is 3.15. The summed E-state index contributed by atoms with van der Waals surface area (Å²) in [7, 11) is 1.84. The molecule has 0 bridgehead atoms. The van der Waals surface area contributed by atoms with E-state index in [2.05, 4.69) is 26.3 Å². The van der Waals surface area contributed by atoms with Gasteiger partial charge in [0.1, 0.15) is 0 Å². The lowest BCUT2D eigenvalue weighted by Gasteiger charge is -2.12. The van der Waals surface area contributed by atoms with E-state index in [1.54, 1.807) is 10.9 Å². The molecule has 0 aliphatic rings. The summed E-state index contributed by atoms with van der Waals surface area (Å²) in [5, 5.41) is 7.21. The summed E-state index contributed by atoms with van der Waals surface area (Å²) in [5.74, 6) is 0.